The Morgan fingerprint density at radius 1 is 1.30 bits per heavy atom. The highest BCUT2D eigenvalue weighted by Gasteiger charge is 2.33. The van der Waals surface area contributed by atoms with Gasteiger partial charge in [-0.3, -0.25) is 4.79 Å². The van der Waals surface area contributed by atoms with E-state index in [1.54, 1.807) is 0 Å². The van der Waals surface area contributed by atoms with Crippen molar-refractivity contribution < 1.29 is 4.79 Å². The average Bonchev–Trinajstić information content (AvgIpc) is 3.31. The smallest absolute Gasteiger partial charge is 0.274 e. The fraction of sp³-hybridized carbons (Fsp3) is 0.524. The van der Waals surface area contributed by atoms with Crippen molar-refractivity contribution in [2.75, 3.05) is 26.7 Å². The lowest BCUT2D eigenvalue weighted by Crippen LogP contribution is -2.31. The number of nitrogens with zero attached hydrogens (tertiary/aromatic N) is 3. The van der Waals surface area contributed by atoms with E-state index in [9.17, 15) is 4.79 Å². The van der Waals surface area contributed by atoms with Crippen LogP contribution in [0.1, 0.15) is 45.7 Å². The zero-order valence-electron chi connectivity index (χ0n) is 16.4. The first-order chi connectivity index (χ1) is 12.6. The molecule has 1 unspecified atom stereocenters. The first kappa shape index (κ1) is 19.9. The van der Waals surface area contributed by atoms with Crippen molar-refractivity contribution in [2.24, 2.45) is 5.92 Å². The molecule has 2 aliphatic rings. The normalized spacial score (nSPS) is 18.5. The molecule has 1 aliphatic heterocycles. The molecule has 27 heavy (non-hydrogen) atoms. The predicted molar refractivity (Wildman–Crippen MR) is 110 cm³/mol. The van der Waals surface area contributed by atoms with Crippen LogP contribution in [0.5, 0.6) is 0 Å². The molecular formula is C21H29ClN4O. The van der Waals surface area contributed by atoms with Gasteiger partial charge in [-0.15, -0.1) is 12.4 Å². The largest absolute Gasteiger partial charge is 0.337 e. The molecule has 5 nitrogen and oxygen atoms in total. The van der Waals surface area contributed by atoms with Gasteiger partial charge in [-0.25, -0.2) is 4.68 Å². The molecule has 6 heteroatoms. The summed E-state index contributed by atoms with van der Waals surface area (Å²) in [6, 6.07) is 6.43. The molecule has 4 rings (SSSR count). The Labute approximate surface area is 167 Å². The van der Waals surface area contributed by atoms with E-state index in [1.807, 2.05) is 16.6 Å². The quantitative estimate of drug-likeness (QED) is 0.875. The van der Waals surface area contributed by atoms with Crippen molar-refractivity contribution in [3.8, 4) is 5.69 Å². The van der Waals surface area contributed by atoms with Crippen molar-refractivity contribution in [3.05, 3.63) is 46.3 Å². The fourth-order valence-electron chi connectivity index (χ4n) is 4.47. The first-order valence-electron chi connectivity index (χ1n) is 9.70. The van der Waals surface area contributed by atoms with Crippen LogP contribution >= 0.6 is 12.4 Å². The zero-order valence-corrected chi connectivity index (χ0v) is 17.2. The van der Waals surface area contributed by atoms with Crippen LogP contribution in [0, 0.1) is 19.8 Å². The molecule has 1 aromatic heterocycles. The number of carbonyl (C=O) groups is 1. The van der Waals surface area contributed by atoms with Gasteiger partial charge in [-0.2, -0.15) is 5.10 Å². The second-order valence-electron chi connectivity index (χ2n) is 7.79. The van der Waals surface area contributed by atoms with E-state index < -0.39 is 0 Å². The molecule has 1 aromatic carbocycles. The van der Waals surface area contributed by atoms with Gasteiger partial charge in [0.05, 0.1) is 5.69 Å². The zero-order chi connectivity index (χ0) is 18.3. The number of fused-ring (bicyclic) bond motifs is 1. The van der Waals surface area contributed by atoms with E-state index in [-0.39, 0.29) is 18.3 Å². The van der Waals surface area contributed by atoms with Crippen LogP contribution in [0.4, 0.5) is 0 Å². The Kier molecular flexibility index (Phi) is 5.92. The number of amides is 1. The van der Waals surface area contributed by atoms with Gasteiger partial charge < -0.3 is 10.2 Å². The summed E-state index contributed by atoms with van der Waals surface area (Å²) in [7, 11) is 1.98. The third kappa shape index (κ3) is 3.63. The highest BCUT2D eigenvalue weighted by Crippen LogP contribution is 2.30. The molecular weight excluding hydrogens is 360 g/mol. The van der Waals surface area contributed by atoms with Crippen molar-refractivity contribution in [3.63, 3.8) is 0 Å². The van der Waals surface area contributed by atoms with Crippen molar-refractivity contribution >= 4 is 18.3 Å². The Hall–Kier alpha value is -1.85. The van der Waals surface area contributed by atoms with Crippen molar-refractivity contribution in [2.45, 2.75) is 39.5 Å². The Bertz CT molecular complexity index is 845. The summed E-state index contributed by atoms with van der Waals surface area (Å²) in [6.45, 7) is 6.88. The molecule has 1 N–H and O–H groups in total. The van der Waals surface area contributed by atoms with Gasteiger partial charge in [-0.1, -0.05) is 17.7 Å². The number of rotatable bonds is 4. The fourth-order valence-corrected chi connectivity index (χ4v) is 4.47. The second-order valence-corrected chi connectivity index (χ2v) is 7.79. The SMILES string of the molecule is CNCC1CCN(C(=O)c2nn(-c3ccc(C)cc3C)c3c2CCC3)C1.Cl. The average molecular weight is 389 g/mol. The number of carbonyl (C=O) groups excluding carboxylic acids is 1. The molecule has 0 saturated carbocycles. The Morgan fingerprint density at radius 3 is 2.85 bits per heavy atom. The summed E-state index contributed by atoms with van der Waals surface area (Å²) < 4.78 is 2.03. The lowest BCUT2D eigenvalue weighted by atomic mass is 10.1. The van der Waals surface area contributed by atoms with Gasteiger partial charge in [0.25, 0.3) is 5.91 Å². The minimum absolute atomic E-state index is 0. The number of aryl methyl sites for hydroxylation is 2. The molecule has 1 aliphatic carbocycles. The van der Waals surface area contributed by atoms with Crippen LogP contribution in [0.15, 0.2) is 18.2 Å². The minimum atomic E-state index is 0. The first-order valence-corrected chi connectivity index (χ1v) is 9.70. The summed E-state index contributed by atoms with van der Waals surface area (Å²) >= 11 is 0. The Morgan fingerprint density at radius 2 is 2.11 bits per heavy atom. The monoisotopic (exact) mass is 388 g/mol. The molecule has 2 heterocycles. The van der Waals surface area contributed by atoms with Gasteiger partial charge in [0, 0.05) is 24.3 Å². The van der Waals surface area contributed by atoms with E-state index >= 15 is 0 Å². The van der Waals surface area contributed by atoms with E-state index in [0.717, 1.165) is 51.0 Å². The van der Waals surface area contributed by atoms with E-state index in [0.29, 0.717) is 11.6 Å². The van der Waals surface area contributed by atoms with E-state index in [2.05, 4.69) is 37.4 Å². The molecule has 1 fully saturated rings. The van der Waals surface area contributed by atoms with Crippen LogP contribution in [-0.4, -0.2) is 47.3 Å². The van der Waals surface area contributed by atoms with Crippen molar-refractivity contribution in [1.29, 1.82) is 0 Å². The highest BCUT2D eigenvalue weighted by atomic mass is 35.5. The van der Waals surface area contributed by atoms with Crippen LogP contribution < -0.4 is 5.32 Å². The molecule has 1 atom stereocenters. The minimum Gasteiger partial charge on any atom is -0.337 e. The lowest BCUT2D eigenvalue weighted by molar-refractivity contribution is 0.0780. The van der Waals surface area contributed by atoms with Crippen LogP contribution in [-0.2, 0) is 12.8 Å². The predicted octanol–water partition coefficient (Wildman–Crippen LogP) is 3.08. The topological polar surface area (TPSA) is 50.2 Å². The summed E-state index contributed by atoms with van der Waals surface area (Å²) in [4.78, 5) is 15.2. The van der Waals surface area contributed by atoms with Crippen LogP contribution in [0.3, 0.4) is 0 Å². The lowest BCUT2D eigenvalue weighted by Gasteiger charge is -2.16. The third-order valence-corrected chi connectivity index (χ3v) is 5.78. The molecule has 0 bridgehead atoms. The van der Waals surface area contributed by atoms with Gasteiger partial charge in [-0.05, 0) is 70.7 Å². The number of benzene rings is 1. The van der Waals surface area contributed by atoms with Crippen LogP contribution in [0.2, 0.25) is 0 Å². The van der Waals surface area contributed by atoms with Gasteiger partial charge >= 0.3 is 0 Å². The van der Waals surface area contributed by atoms with E-state index in [4.69, 9.17) is 5.10 Å². The number of likely N-dealkylation sites (tertiary alicyclic amines) is 1. The number of nitrogens with one attached hydrogen (secondary N) is 1. The Balaban J connectivity index is 0.00000210. The number of hydrogen-bond donors (Lipinski definition) is 1. The summed E-state index contributed by atoms with van der Waals surface area (Å²) in [6.07, 6.45) is 4.16. The molecule has 1 saturated heterocycles. The van der Waals surface area contributed by atoms with Gasteiger partial charge in [0.15, 0.2) is 5.69 Å². The van der Waals surface area contributed by atoms with E-state index in [1.165, 1.54) is 22.4 Å². The molecule has 146 valence electrons. The van der Waals surface area contributed by atoms with Gasteiger partial charge in [0.2, 0.25) is 0 Å². The molecule has 1 amide bonds. The second kappa shape index (κ2) is 8.03. The van der Waals surface area contributed by atoms with Crippen molar-refractivity contribution in [1.82, 2.24) is 20.0 Å². The summed E-state index contributed by atoms with van der Waals surface area (Å²) in [5.41, 5.74) is 6.64. The maximum atomic E-state index is 13.2. The number of hydrogen-bond acceptors (Lipinski definition) is 3. The summed E-state index contributed by atoms with van der Waals surface area (Å²) in [5, 5.41) is 8.05. The highest BCUT2D eigenvalue weighted by molar-refractivity contribution is 5.94. The van der Waals surface area contributed by atoms with Crippen LogP contribution in [0.25, 0.3) is 5.69 Å². The number of halogens is 1. The summed E-state index contributed by atoms with van der Waals surface area (Å²) in [5.74, 6) is 0.670. The maximum Gasteiger partial charge on any atom is 0.274 e. The maximum absolute atomic E-state index is 13.2. The number of aromatic nitrogens is 2. The molecule has 0 spiro atoms. The molecule has 0 radical (unpaired) electrons. The van der Waals surface area contributed by atoms with Gasteiger partial charge in [0.1, 0.15) is 0 Å². The third-order valence-electron chi connectivity index (χ3n) is 5.78. The molecule has 2 aromatic rings. The standard InChI is InChI=1S/C21H28N4O.ClH/c1-14-7-8-18(15(2)11-14)25-19-6-4-5-17(19)20(23-25)21(26)24-10-9-16(13-24)12-22-3;/h7-8,11,16,22H,4-6,9-10,12-13H2,1-3H3;1H.